The highest BCUT2D eigenvalue weighted by molar-refractivity contribution is 6.30. The first-order valence-electron chi connectivity index (χ1n) is 7.66. The van der Waals surface area contributed by atoms with Crippen LogP contribution >= 0.6 is 11.6 Å². The minimum absolute atomic E-state index is 0.298. The second-order valence-electron chi connectivity index (χ2n) is 5.44. The lowest BCUT2D eigenvalue weighted by Crippen LogP contribution is -2.26. The Labute approximate surface area is 148 Å². The molecule has 0 aliphatic rings. The van der Waals surface area contributed by atoms with Crippen molar-refractivity contribution in [3.63, 3.8) is 0 Å². The summed E-state index contributed by atoms with van der Waals surface area (Å²) >= 11 is 5.94. The summed E-state index contributed by atoms with van der Waals surface area (Å²) in [4.78, 5) is 16.4. The molecule has 25 heavy (non-hydrogen) atoms. The maximum absolute atomic E-state index is 13.5. The predicted molar refractivity (Wildman–Crippen MR) is 91.9 cm³/mol. The SMILES string of the molecule is Cc1c(F)cccc1C(=O)NCCc1nc(-c2cccc(Cl)c2)no1. The van der Waals surface area contributed by atoms with Crippen LogP contribution in [0.3, 0.4) is 0 Å². The zero-order valence-corrected chi connectivity index (χ0v) is 14.2. The lowest BCUT2D eigenvalue weighted by molar-refractivity contribution is 0.0952. The fourth-order valence-electron chi connectivity index (χ4n) is 2.33. The van der Waals surface area contributed by atoms with Crippen molar-refractivity contribution in [3.05, 3.63) is 70.3 Å². The minimum atomic E-state index is -0.407. The molecular weight excluding hydrogens is 345 g/mol. The minimum Gasteiger partial charge on any atom is -0.352 e. The molecule has 1 heterocycles. The Morgan fingerprint density at radius 1 is 1.28 bits per heavy atom. The first kappa shape index (κ1) is 17.1. The summed E-state index contributed by atoms with van der Waals surface area (Å²) in [6, 6.07) is 11.5. The van der Waals surface area contributed by atoms with E-state index in [0.29, 0.717) is 40.8 Å². The Bertz CT molecular complexity index is 911. The molecule has 0 atom stereocenters. The molecule has 0 fully saturated rings. The fourth-order valence-corrected chi connectivity index (χ4v) is 2.52. The number of hydrogen-bond donors (Lipinski definition) is 1. The maximum atomic E-state index is 13.5. The van der Waals surface area contributed by atoms with E-state index in [1.54, 1.807) is 31.2 Å². The number of hydrogen-bond acceptors (Lipinski definition) is 4. The van der Waals surface area contributed by atoms with Crippen LogP contribution in [0.2, 0.25) is 5.02 Å². The summed E-state index contributed by atoms with van der Waals surface area (Å²) < 4.78 is 18.7. The molecular formula is C18H15ClFN3O2. The highest BCUT2D eigenvalue weighted by atomic mass is 35.5. The van der Waals surface area contributed by atoms with Crippen LogP contribution in [0.4, 0.5) is 4.39 Å². The van der Waals surface area contributed by atoms with Gasteiger partial charge in [0, 0.05) is 29.1 Å². The van der Waals surface area contributed by atoms with Gasteiger partial charge in [-0.1, -0.05) is 35.0 Å². The summed E-state index contributed by atoms with van der Waals surface area (Å²) in [7, 11) is 0. The molecule has 1 N–H and O–H groups in total. The van der Waals surface area contributed by atoms with Gasteiger partial charge < -0.3 is 9.84 Å². The van der Waals surface area contributed by atoms with Gasteiger partial charge >= 0.3 is 0 Å². The van der Waals surface area contributed by atoms with Crippen molar-refractivity contribution < 1.29 is 13.7 Å². The van der Waals surface area contributed by atoms with Crippen LogP contribution in [0.25, 0.3) is 11.4 Å². The van der Waals surface area contributed by atoms with E-state index in [-0.39, 0.29) is 5.91 Å². The number of rotatable bonds is 5. The van der Waals surface area contributed by atoms with Crippen molar-refractivity contribution in [2.75, 3.05) is 6.54 Å². The molecule has 0 bridgehead atoms. The number of carbonyl (C=O) groups excluding carboxylic acids is 1. The Balaban J connectivity index is 1.59. The molecule has 0 radical (unpaired) electrons. The van der Waals surface area contributed by atoms with Gasteiger partial charge in [-0.2, -0.15) is 4.98 Å². The second-order valence-corrected chi connectivity index (χ2v) is 5.88. The monoisotopic (exact) mass is 359 g/mol. The normalized spacial score (nSPS) is 10.7. The van der Waals surface area contributed by atoms with Crippen LogP contribution in [0.15, 0.2) is 47.0 Å². The van der Waals surface area contributed by atoms with E-state index >= 15 is 0 Å². The quantitative estimate of drug-likeness (QED) is 0.752. The highest BCUT2D eigenvalue weighted by Gasteiger charge is 2.13. The van der Waals surface area contributed by atoms with Gasteiger partial charge in [0.05, 0.1) is 0 Å². The van der Waals surface area contributed by atoms with Crippen LogP contribution in [0.1, 0.15) is 21.8 Å². The van der Waals surface area contributed by atoms with Crippen LogP contribution in [0.5, 0.6) is 0 Å². The Morgan fingerprint density at radius 3 is 2.88 bits per heavy atom. The average Bonchev–Trinajstić information content (AvgIpc) is 3.06. The molecule has 0 aliphatic heterocycles. The summed E-state index contributed by atoms with van der Waals surface area (Å²) in [5, 5.41) is 7.21. The smallest absolute Gasteiger partial charge is 0.251 e. The highest BCUT2D eigenvalue weighted by Crippen LogP contribution is 2.20. The molecule has 7 heteroatoms. The molecule has 3 rings (SSSR count). The lowest BCUT2D eigenvalue weighted by Gasteiger charge is -2.07. The van der Waals surface area contributed by atoms with Crippen molar-refractivity contribution in [3.8, 4) is 11.4 Å². The van der Waals surface area contributed by atoms with Gasteiger partial charge in [0.2, 0.25) is 11.7 Å². The van der Waals surface area contributed by atoms with Crippen LogP contribution in [-0.4, -0.2) is 22.6 Å². The molecule has 0 aliphatic carbocycles. The number of aromatic nitrogens is 2. The molecule has 0 unspecified atom stereocenters. The van der Waals surface area contributed by atoms with Gasteiger partial charge in [0.15, 0.2) is 0 Å². The largest absolute Gasteiger partial charge is 0.352 e. The van der Waals surface area contributed by atoms with Gasteiger partial charge in [-0.05, 0) is 36.8 Å². The van der Waals surface area contributed by atoms with Crippen LogP contribution in [0, 0.1) is 12.7 Å². The second kappa shape index (κ2) is 7.44. The number of halogens is 2. The summed E-state index contributed by atoms with van der Waals surface area (Å²) in [5.41, 5.74) is 1.38. The van der Waals surface area contributed by atoms with E-state index in [9.17, 15) is 9.18 Å². The first-order valence-corrected chi connectivity index (χ1v) is 8.04. The van der Waals surface area contributed by atoms with Crippen molar-refractivity contribution in [2.45, 2.75) is 13.3 Å². The van der Waals surface area contributed by atoms with Crippen molar-refractivity contribution in [2.24, 2.45) is 0 Å². The third-order valence-electron chi connectivity index (χ3n) is 3.69. The summed E-state index contributed by atoms with van der Waals surface area (Å²) in [5.74, 6) is 0.0818. The molecule has 1 aromatic heterocycles. The number of nitrogens with one attached hydrogen (secondary N) is 1. The lowest BCUT2D eigenvalue weighted by atomic mass is 10.1. The molecule has 5 nitrogen and oxygen atoms in total. The number of nitrogens with zero attached hydrogens (tertiary/aromatic N) is 2. The van der Waals surface area contributed by atoms with Crippen molar-refractivity contribution in [1.82, 2.24) is 15.5 Å². The van der Waals surface area contributed by atoms with E-state index in [1.165, 1.54) is 12.1 Å². The van der Waals surface area contributed by atoms with E-state index in [0.717, 1.165) is 5.56 Å². The number of carbonyl (C=O) groups is 1. The average molecular weight is 360 g/mol. The summed E-state index contributed by atoms with van der Waals surface area (Å²) in [6.07, 6.45) is 0.369. The van der Waals surface area contributed by atoms with E-state index in [2.05, 4.69) is 15.5 Å². The Kier molecular flexibility index (Phi) is 5.09. The van der Waals surface area contributed by atoms with Gasteiger partial charge in [-0.3, -0.25) is 4.79 Å². The first-order chi connectivity index (χ1) is 12.0. The van der Waals surface area contributed by atoms with Crippen LogP contribution < -0.4 is 5.32 Å². The third kappa shape index (κ3) is 4.03. The molecule has 0 saturated heterocycles. The number of benzene rings is 2. The third-order valence-corrected chi connectivity index (χ3v) is 3.92. The van der Waals surface area contributed by atoms with E-state index in [1.807, 2.05) is 6.07 Å². The van der Waals surface area contributed by atoms with Crippen molar-refractivity contribution in [1.29, 1.82) is 0 Å². The molecule has 0 spiro atoms. The van der Waals surface area contributed by atoms with E-state index in [4.69, 9.17) is 16.1 Å². The van der Waals surface area contributed by atoms with Gasteiger partial charge in [-0.25, -0.2) is 4.39 Å². The fraction of sp³-hybridized carbons (Fsp3) is 0.167. The topological polar surface area (TPSA) is 68.0 Å². The van der Waals surface area contributed by atoms with Crippen molar-refractivity contribution >= 4 is 17.5 Å². The molecule has 0 saturated carbocycles. The zero-order chi connectivity index (χ0) is 17.8. The molecule has 1 amide bonds. The molecule has 128 valence electrons. The van der Waals surface area contributed by atoms with Gasteiger partial charge in [0.25, 0.3) is 5.91 Å². The molecule has 3 aromatic rings. The Morgan fingerprint density at radius 2 is 2.08 bits per heavy atom. The van der Waals surface area contributed by atoms with Crippen LogP contribution in [-0.2, 0) is 6.42 Å². The zero-order valence-electron chi connectivity index (χ0n) is 13.4. The standard InChI is InChI=1S/C18H15ClFN3O2/c1-11-14(6-3-7-15(11)20)18(24)21-9-8-16-22-17(23-25-16)12-4-2-5-13(19)10-12/h2-7,10H,8-9H2,1H3,(H,21,24). The van der Waals surface area contributed by atoms with E-state index < -0.39 is 5.82 Å². The maximum Gasteiger partial charge on any atom is 0.251 e. The summed E-state index contributed by atoms with van der Waals surface area (Å²) in [6.45, 7) is 1.87. The Hall–Kier alpha value is -2.73. The predicted octanol–water partition coefficient (Wildman–Crippen LogP) is 3.81. The van der Waals surface area contributed by atoms with Gasteiger partial charge in [-0.15, -0.1) is 0 Å². The molecule has 2 aromatic carbocycles. The number of amides is 1. The van der Waals surface area contributed by atoms with Gasteiger partial charge in [0.1, 0.15) is 5.82 Å².